The van der Waals surface area contributed by atoms with Gasteiger partial charge in [-0.05, 0) is 20.0 Å². The summed E-state index contributed by atoms with van der Waals surface area (Å²) in [5.41, 5.74) is 2.20. The van der Waals surface area contributed by atoms with Crippen molar-refractivity contribution >= 4 is 34.4 Å². The van der Waals surface area contributed by atoms with Crippen molar-refractivity contribution in [1.82, 2.24) is 0 Å². The molecule has 0 heterocycles. The van der Waals surface area contributed by atoms with Crippen LogP contribution in [-0.2, 0) is 4.43 Å². The fourth-order valence-electron chi connectivity index (χ4n) is 9.30. The van der Waals surface area contributed by atoms with E-state index < -0.39 is 13.6 Å². The molecular formula is C36H64BrO3PSi. The number of ether oxygens (including phenoxy) is 1. The molecule has 1 aromatic carbocycles. The summed E-state index contributed by atoms with van der Waals surface area (Å²) < 4.78 is 12.8. The van der Waals surface area contributed by atoms with Gasteiger partial charge in [0.05, 0.1) is 0 Å². The molecule has 4 rings (SSSR count). The first-order valence-electron chi connectivity index (χ1n) is 18.1. The maximum atomic E-state index is 11.0. The van der Waals surface area contributed by atoms with Gasteiger partial charge in [-0.1, -0.05) is 0 Å². The van der Waals surface area contributed by atoms with Gasteiger partial charge in [-0.25, -0.2) is 0 Å². The van der Waals surface area contributed by atoms with Crippen LogP contribution in [0.1, 0.15) is 142 Å². The molecule has 42 heavy (non-hydrogen) atoms. The van der Waals surface area contributed by atoms with Gasteiger partial charge < -0.3 is 4.43 Å². The normalized spacial score (nSPS) is 21.2. The molecule has 3 nitrogen and oxygen atoms in total. The monoisotopic (exact) mass is 682 g/mol. The number of halogens is 1. The van der Waals surface area contributed by atoms with E-state index >= 15 is 0 Å². The van der Waals surface area contributed by atoms with Crippen molar-refractivity contribution in [1.29, 1.82) is 0 Å². The number of hydrogen-bond acceptors (Lipinski definition) is 3. The first-order chi connectivity index (χ1) is 20.3. The van der Waals surface area contributed by atoms with E-state index in [0.29, 0.717) is 5.75 Å². The van der Waals surface area contributed by atoms with Crippen LogP contribution in [0.5, 0.6) is 11.5 Å². The molecular weight excluding hydrogens is 619 g/mol. The first-order valence-corrected chi connectivity index (χ1v) is 25.7. The second-order valence-electron chi connectivity index (χ2n) is 14.7. The Bertz CT molecular complexity index is 889. The van der Waals surface area contributed by atoms with Crippen molar-refractivity contribution in [3.63, 3.8) is 0 Å². The maximum absolute atomic E-state index is 11.0. The van der Waals surface area contributed by atoms with Crippen LogP contribution >= 0.6 is 20.8 Å². The van der Waals surface area contributed by atoms with Crippen LogP contribution < -0.4 is 10.0 Å². The molecule has 3 aliphatic carbocycles. The Morgan fingerprint density at radius 1 is 0.738 bits per heavy atom. The zero-order valence-electron chi connectivity index (χ0n) is 27.5. The predicted octanol–water partition coefficient (Wildman–Crippen LogP) is 11.8. The number of aromatic hydroxyl groups is 1. The number of hydrogen-bond donors (Lipinski definition) is 1. The summed E-state index contributed by atoms with van der Waals surface area (Å²) in [4.78, 5) is 0. The van der Waals surface area contributed by atoms with Crippen molar-refractivity contribution in [3.8, 4) is 11.5 Å². The Hall–Kier alpha value is -0.0931. The fourth-order valence-corrected chi connectivity index (χ4v) is 24.1. The van der Waals surface area contributed by atoms with Gasteiger partial charge in [0.25, 0.3) is 0 Å². The molecule has 3 saturated carbocycles. The van der Waals surface area contributed by atoms with Crippen LogP contribution in [-0.4, -0.2) is 43.6 Å². The Morgan fingerprint density at radius 2 is 1.21 bits per heavy atom. The molecule has 0 bridgehead atoms. The molecule has 0 atom stereocenters. The predicted molar refractivity (Wildman–Crippen MR) is 191 cm³/mol. The third kappa shape index (κ3) is 8.19. The van der Waals surface area contributed by atoms with Crippen molar-refractivity contribution in [2.75, 3.05) is 13.2 Å². The van der Waals surface area contributed by atoms with Gasteiger partial charge in [0.1, 0.15) is 0 Å². The molecule has 6 heteroatoms. The minimum absolute atomic E-state index is 0.434. The molecule has 3 aliphatic rings. The Labute approximate surface area is 268 Å². The van der Waals surface area contributed by atoms with Crippen molar-refractivity contribution in [2.24, 2.45) is 0 Å². The van der Waals surface area contributed by atoms with Crippen LogP contribution in [0.4, 0.5) is 0 Å². The molecule has 0 unspecified atom stereocenters. The number of phenolic OH excluding ortho intramolecular Hbond substituents is 1. The average molecular weight is 684 g/mol. The third-order valence-corrected chi connectivity index (χ3v) is 27.7. The number of unbranched alkanes of at least 4 members (excludes halogenated alkanes) is 5. The molecule has 0 amide bonds. The van der Waals surface area contributed by atoms with Gasteiger partial charge in [-0.15, -0.1) is 0 Å². The second-order valence-corrected chi connectivity index (χ2v) is 28.8. The van der Waals surface area contributed by atoms with E-state index in [2.05, 4.69) is 32.2 Å². The van der Waals surface area contributed by atoms with Gasteiger partial charge in [0.15, 0.2) is 0 Å². The van der Waals surface area contributed by atoms with E-state index in [1.165, 1.54) is 140 Å². The molecule has 1 aromatic rings. The summed E-state index contributed by atoms with van der Waals surface area (Å²) in [5, 5.41) is 9.81. The standard InChI is InChI=1S/C36H64BrO3PSi/c1-4-40-42(2,3)29-19-8-6-5-7-18-28-39-35-27-26-31(38)30-36(35)41(37,32-20-12-9-13-21-32,33-22-14-10-15-23-33)34-24-16-11-17-25-34/h26-27,30,32-34,38H,4-25,28-29H2,1-3H3. The summed E-state index contributed by atoms with van der Waals surface area (Å²) in [6, 6.07) is 7.52. The van der Waals surface area contributed by atoms with E-state index in [-0.39, 0.29) is 0 Å². The zero-order chi connectivity index (χ0) is 29.9. The van der Waals surface area contributed by atoms with Crippen LogP contribution in [0.15, 0.2) is 18.2 Å². The van der Waals surface area contributed by atoms with E-state index in [1.807, 2.05) is 6.07 Å². The molecule has 0 radical (unpaired) electrons. The summed E-state index contributed by atoms with van der Waals surface area (Å²) >= 11 is 4.99. The number of phenols is 1. The minimum atomic E-state index is -2.67. The van der Waals surface area contributed by atoms with Crippen molar-refractivity contribution in [2.45, 2.75) is 178 Å². The van der Waals surface area contributed by atoms with E-state index in [4.69, 9.17) is 24.7 Å². The summed E-state index contributed by atoms with van der Waals surface area (Å²) in [6.07, 6.45) is 28.1. The molecule has 0 spiro atoms. The SMILES string of the molecule is CCO[Si](C)(C)CCCCCCCCOc1ccc(O)cc1P(Br)(C1CCCCC1)(C1CCCCC1)C1CCCCC1. The quantitative estimate of drug-likeness (QED) is 0.107. The van der Waals surface area contributed by atoms with Crippen LogP contribution in [0, 0.1) is 0 Å². The molecule has 0 aliphatic heterocycles. The topological polar surface area (TPSA) is 38.7 Å². The first kappa shape index (κ1) is 34.8. The van der Waals surface area contributed by atoms with Gasteiger partial charge >= 0.3 is 238 Å². The summed E-state index contributed by atoms with van der Waals surface area (Å²) in [5.74, 6) is 1.54. The number of benzene rings is 1. The van der Waals surface area contributed by atoms with Crippen LogP contribution in [0.2, 0.25) is 19.1 Å². The average Bonchev–Trinajstić information content (AvgIpc) is 3.01. The molecule has 242 valence electrons. The van der Waals surface area contributed by atoms with Crippen molar-refractivity contribution in [3.05, 3.63) is 18.2 Å². The Kier molecular flexibility index (Phi) is 13.6. The molecule has 0 saturated heterocycles. The van der Waals surface area contributed by atoms with Gasteiger partial charge in [-0.2, -0.15) is 0 Å². The van der Waals surface area contributed by atoms with Gasteiger partial charge in [0, 0.05) is 6.61 Å². The Balaban J connectivity index is 1.50. The summed E-state index contributed by atoms with van der Waals surface area (Å²) in [6.45, 7) is 8.50. The van der Waals surface area contributed by atoms with Crippen LogP contribution in [0.25, 0.3) is 0 Å². The molecule has 0 aromatic heterocycles. The molecule has 1 N–H and O–H groups in total. The van der Waals surface area contributed by atoms with Gasteiger partial charge in [0.2, 0.25) is 0 Å². The van der Waals surface area contributed by atoms with Crippen LogP contribution in [0.3, 0.4) is 0 Å². The fraction of sp³-hybridized carbons (Fsp3) is 0.833. The Morgan fingerprint density at radius 3 is 1.71 bits per heavy atom. The zero-order valence-corrected chi connectivity index (χ0v) is 31.0. The number of rotatable bonds is 16. The van der Waals surface area contributed by atoms with Crippen molar-refractivity contribution < 1.29 is 14.3 Å². The van der Waals surface area contributed by atoms with E-state index in [0.717, 1.165) is 42.4 Å². The third-order valence-electron chi connectivity index (χ3n) is 11.4. The van der Waals surface area contributed by atoms with E-state index in [9.17, 15) is 5.11 Å². The van der Waals surface area contributed by atoms with E-state index in [1.54, 1.807) is 0 Å². The second kappa shape index (κ2) is 16.5. The van der Waals surface area contributed by atoms with Gasteiger partial charge in [-0.3, -0.25) is 0 Å². The molecule has 3 fully saturated rings. The summed E-state index contributed by atoms with van der Waals surface area (Å²) in [7, 11) is -1.43.